The lowest BCUT2D eigenvalue weighted by Gasteiger charge is -2.29. The van der Waals surface area contributed by atoms with Crippen LogP contribution in [0.1, 0.15) is 38.3 Å². The highest BCUT2D eigenvalue weighted by Gasteiger charge is 2.55. The van der Waals surface area contributed by atoms with Crippen LogP contribution >= 0.6 is 11.8 Å². The molecule has 0 saturated heterocycles. The molecule has 0 radical (unpaired) electrons. The number of aliphatic hydroxyl groups is 1. The summed E-state index contributed by atoms with van der Waals surface area (Å²) < 4.78 is 2.33. The quantitative estimate of drug-likeness (QED) is 0.808. The van der Waals surface area contributed by atoms with Gasteiger partial charge in [0.05, 0.1) is 6.54 Å². The van der Waals surface area contributed by atoms with E-state index in [2.05, 4.69) is 54.5 Å². The molecule has 136 valence electrons. The predicted octanol–water partition coefficient (Wildman–Crippen LogP) is 4.15. The summed E-state index contributed by atoms with van der Waals surface area (Å²) >= 11 is 1.85. The average Bonchev–Trinajstić information content (AvgIpc) is 2.95. The van der Waals surface area contributed by atoms with Crippen molar-refractivity contribution in [2.75, 3.05) is 23.7 Å². The van der Waals surface area contributed by atoms with Gasteiger partial charge < -0.3 is 5.11 Å². The maximum absolute atomic E-state index is 11.8. The number of hydrogen-bond donors (Lipinski definition) is 1. The number of rotatable bonds is 2. The fraction of sp³-hybridized carbons (Fsp3) is 0.409. The monoisotopic (exact) mass is 367 g/mol. The molecule has 1 atom stereocenters. The second-order valence-corrected chi connectivity index (χ2v) is 9.28. The Bertz CT molecular complexity index is 823. The van der Waals surface area contributed by atoms with Crippen molar-refractivity contribution in [3.05, 3.63) is 65.7 Å². The first-order valence-electron chi connectivity index (χ1n) is 9.33. The molecular formula is C22H27N2OS+. The molecular weight excluding hydrogens is 340 g/mol. The van der Waals surface area contributed by atoms with Gasteiger partial charge in [-0.25, -0.2) is 4.58 Å². The standard InChI is InChI=1S/C22H27N2OS/c1-21(2,3)17-10-12-19(13-11-17)24-20-23(14-7-15-26-20)16-22(24,25)18-8-5-4-6-9-18/h4-6,8-13,25H,7,14-16H2,1-3H3/q+1/t22-/m1/s1. The van der Waals surface area contributed by atoms with E-state index in [0.717, 1.165) is 30.0 Å². The molecule has 2 aliphatic heterocycles. The highest BCUT2D eigenvalue weighted by Crippen LogP contribution is 2.40. The van der Waals surface area contributed by atoms with Crippen molar-refractivity contribution in [2.45, 2.75) is 38.3 Å². The minimum atomic E-state index is -1.03. The summed E-state index contributed by atoms with van der Waals surface area (Å²) in [6.45, 7) is 8.30. The van der Waals surface area contributed by atoms with Crippen molar-refractivity contribution in [3.8, 4) is 0 Å². The van der Waals surface area contributed by atoms with E-state index in [-0.39, 0.29) is 5.41 Å². The normalized spacial score (nSPS) is 23.3. The lowest BCUT2D eigenvalue weighted by atomic mass is 9.87. The molecule has 1 N–H and O–H groups in total. The molecule has 3 nitrogen and oxygen atoms in total. The van der Waals surface area contributed by atoms with Crippen LogP contribution in [-0.4, -0.2) is 33.7 Å². The summed E-state index contributed by atoms with van der Waals surface area (Å²) in [5, 5.41) is 13.0. The number of thioether (sulfide) groups is 1. The molecule has 0 amide bonds. The van der Waals surface area contributed by atoms with Crippen molar-refractivity contribution < 1.29 is 9.68 Å². The van der Waals surface area contributed by atoms with Crippen LogP contribution < -0.4 is 4.90 Å². The van der Waals surface area contributed by atoms with E-state index in [1.807, 2.05) is 42.1 Å². The van der Waals surface area contributed by atoms with Crippen molar-refractivity contribution in [1.82, 2.24) is 0 Å². The van der Waals surface area contributed by atoms with Crippen LogP contribution in [0, 0.1) is 0 Å². The predicted molar refractivity (Wildman–Crippen MR) is 110 cm³/mol. The second-order valence-electron chi connectivity index (χ2n) is 8.22. The Morgan fingerprint density at radius 3 is 2.38 bits per heavy atom. The summed E-state index contributed by atoms with van der Waals surface area (Å²) in [4.78, 5) is 2.14. The summed E-state index contributed by atoms with van der Waals surface area (Å²) in [6, 6.07) is 18.8. The van der Waals surface area contributed by atoms with Crippen LogP contribution in [0.4, 0.5) is 5.69 Å². The fourth-order valence-electron chi connectivity index (χ4n) is 3.81. The van der Waals surface area contributed by atoms with E-state index in [1.54, 1.807) is 0 Å². The summed E-state index contributed by atoms with van der Waals surface area (Å²) in [5.74, 6) is 1.10. The Balaban J connectivity index is 1.80. The third kappa shape index (κ3) is 2.95. The fourth-order valence-corrected chi connectivity index (χ4v) is 4.99. The zero-order valence-corrected chi connectivity index (χ0v) is 16.6. The molecule has 2 heterocycles. The van der Waals surface area contributed by atoms with E-state index < -0.39 is 5.72 Å². The Morgan fingerprint density at radius 2 is 1.73 bits per heavy atom. The number of benzene rings is 2. The van der Waals surface area contributed by atoms with E-state index in [9.17, 15) is 5.11 Å². The number of amidine groups is 1. The van der Waals surface area contributed by atoms with Crippen LogP contribution in [0.3, 0.4) is 0 Å². The first-order chi connectivity index (χ1) is 12.4. The van der Waals surface area contributed by atoms with Crippen LogP contribution in [0.2, 0.25) is 0 Å². The van der Waals surface area contributed by atoms with Gasteiger partial charge in [0.15, 0.2) is 6.54 Å². The maximum Gasteiger partial charge on any atom is 0.316 e. The van der Waals surface area contributed by atoms with Gasteiger partial charge in [0.2, 0.25) is 0 Å². The maximum atomic E-state index is 11.8. The third-order valence-corrected chi connectivity index (χ3v) is 6.47. The highest BCUT2D eigenvalue weighted by molar-refractivity contribution is 8.14. The zero-order chi connectivity index (χ0) is 18.4. The van der Waals surface area contributed by atoms with Crippen molar-refractivity contribution >= 4 is 22.6 Å². The largest absolute Gasteiger partial charge is 0.346 e. The van der Waals surface area contributed by atoms with Gasteiger partial charge in [-0.3, -0.25) is 0 Å². The number of nitrogens with zero attached hydrogens (tertiary/aromatic N) is 2. The average molecular weight is 368 g/mol. The molecule has 0 fully saturated rings. The van der Waals surface area contributed by atoms with Crippen LogP contribution in [0.5, 0.6) is 0 Å². The smallest absolute Gasteiger partial charge is 0.316 e. The van der Waals surface area contributed by atoms with Gasteiger partial charge >= 0.3 is 5.17 Å². The Morgan fingerprint density at radius 1 is 1.04 bits per heavy atom. The first-order valence-corrected chi connectivity index (χ1v) is 10.3. The van der Waals surface area contributed by atoms with Gasteiger partial charge in [-0.15, -0.1) is 0 Å². The molecule has 26 heavy (non-hydrogen) atoms. The van der Waals surface area contributed by atoms with Crippen molar-refractivity contribution in [2.24, 2.45) is 0 Å². The minimum absolute atomic E-state index is 0.123. The van der Waals surface area contributed by atoms with Gasteiger partial charge in [0.25, 0.3) is 5.72 Å². The van der Waals surface area contributed by atoms with Gasteiger partial charge in [-0.2, -0.15) is 4.90 Å². The van der Waals surface area contributed by atoms with Crippen LogP contribution in [0.15, 0.2) is 54.6 Å². The van der Waals surface area contributed by atoms with Crippen molar-refractivity contribution in [3.63, 3.8) is 0 Å². The Hall–Kier alpha value is -1.78. The van der Waals surface area contributed by atoms with Crippen molar-refractivity contribution in [1.29, 1.82) is 0 Å². The number of anilines is 1. The highest BCUT2D eigenvalue weighted by atomic mass is 32.2. The minimum Gasteiger partial charge on any atom is -0.346 e. The summed E-state index contributed by atoms with van der Waals surface area (Å²) in [7, 11) is 0. The molecule has 4 rings (SSSR count). The third-order valence-electron chi connectivity index (χ3n) is 5.27. The topological polar surface area (TPSA) is 26.5 Å². The molecule has 0 aliphatic carbocycles. The Kier molecular flexibility index (Phi) is 4.36. The summed E-state index contributed by atoms with van der Waals surface area (Å²) in [5.41, 5.74) is 2.40. The molecule has 0 spiro atoms. The zero-order valence-electron chi connectivity index (χ0n) is 15.8. The van der Waals surface area contributed by atoms with Gasteiger partial charge in [0.1, 0.15) is 5.69 Å². The van der Waals surface area contributed by atoms with Gasteiger partial charge in [-0.1, -0.05) is 63.2 Å². The molecule has 0 saturated carbocycles. The Labute approximate surface area is 160 Å². The lowest BCUT2D eigenvalue weighted by molar-refractivity contribution is -0.532. The molecule has 0 unspecified atom stereocenters. The SMILES string of the molecule is CC(C)(C)c1ccc(N2C3=[N+](CCCS3)C[C@@]2(O)c2ccccc2)cc1. The molecule has 2 aromatic carbocycles. The molecule has 0 aromatic heterocycles. The van der Waals surface area contributed by atoms with E-state index in [4.69, 9.17) is 0 Å². The second kappa shape index (κ2) is 6.43. The molecule has 0 bridgehead atoms. The molecule has 4 heteroatoms. The van der Waals surface area contributed by atoms with E-state index in [1.165, 1.54) is 10.7 Å². The van der Waals surface area contributed by atoms with E-state index in [0.29, 0.717) is 6.54 Å². The number of hydrogen-bond acceptors (Lipinski definition) is 3. The summed E-state index contributed by atoms with van der Waals surface area (Å²) in [6.07, 6.45) is 1.16. The molecule has 2 aliphatic rings. The molecule has 2 aromatic rings. The van der Waals surface area contributed by atoms with Gasteiger partial charge in [0, 0.05) is 11.3 Å². The first kappa shape index (κ1) is 17.6. The van der Waals surface area contributed by atoms with Crippen LogP contribution in [0.25, 0.3) is 0 Å². The van der Waals surface area contributed by atoms with Crippen LogP contribution in [-0.2, 0) is 11.1 Å². The lowest BCUT2D eigenvalue weighted by Crippen LogP contribution is -2.46. The van der Waals surface area contributed by atoms with E-state index >= 15 is 0 Å². The van der Waals surface area contributed by atoms with Gasteiger partial charge in [-0.05, 0) is 41.3 Å².